The fourth-order valence-electron chi connectivity index (χ4n) is 2.77. The Labute approximate surface area is 153 Å². The van der Waals surface area contributed by atoms with Gasteiger partial charge in [-0.1, -0.05) is 0 Å². The van der Waals surface area contributed by atoms with Crippen molar-refractivity contribution in [2.24, 2.45) is 5.41 Å². The number of nitrogen functional groups attached to an aromatic ring is 1. The van der Waals surface area contributed by atoms with Crippen LogP contribution in [0, 0.1) is 5.41 Å². The molecule has 0 spiro atoms. The average Bonchev–Trinajstić information content (AvgIpc) is 3.11. The number of hydrogen-bond acceptors (Lipinski definition) is 7. The van der Waals surface area contributed by atoms with Crippen LogP contribution in [-0.2, 0) is 16.1 Å². The second kappa shape index (κ2) is 7.41. The minimum atomic E-state index is -0.574. The number of nitrogens with one attached hydrogen (secondary N) is 1. The van der Waals surface area contributed by atoms with E-state index < -0.39 is 5.41 Å². The molecule has 8 heteroatoms. The summed E-state index contributed by atoms with van der Waals surface area (Å²) in [5.74, 6) is -0.0379. The van der Waals surface area contributed by atoms with Crippen LogP contribution in [0.4, 0.5) is 5.82 Å². The summed E-state index contributed by atoms with van der Waals surface area (Å²) in [6.45, 7) is 7.42. The van der Waals surface area contributed by atoms with Gasteiger partial charge in [-0.25, -0.2) is 9.97 Å². The maximum Gasteiger partial charge on any atom is 0.311 e. The number of anilines is 1. The quantitative estimate of drug-likeness (QED) is 0.804. The lowest BCUT2D eigenvalue weighted by molar-refractivity contribution is -0.154. The van der Waals surface area contributed by atoms with E-state index in [0.717, 1.165) is 31.5 Å². The van der Waals surface area contributed by atoms with Crippen LogP contribution in [0.5, 0.6) is 0 Å². The van der Waals surface area contributed by atoms with Crippen LogP contribution >= 0.6 is 0 Å². The second-order valence-electron chi connectivity index (χ2n) is 7.60. The Hall–Kier alpha value is -2.48. The van der Waals surface area contributed by atoms with E-state index >= 15 is 0 Å². The zero-order chi connectivity index (χ0) is 18.7. The van der Waals surface area contributed by atoms with Crippen LogP contribution in [0.15, 0.2) is 18.6 Å². The minimum absolute atomic E-state index is 0.00517. The van der Waals surface area contributed by atoms with Crippen LogP contribution < -0.4 is 11.1 Å². The first-order chi connectivity index (χ1) is 12.3. The van der Waals surface area contributed by atoms with Gasteiger partial charge in [-0.3, -0.25) is 9.48 Å². The summed E-state index contributed by atoms with van der Waals surface area (Å²) in [5.41, 5.74) is 7.31. The molecule has 0 unspecified atom stereocenters. The zero-order valence-corrected chi connectivity index (χ0v) is 15.5. The Morgan fingerprint density at radius 3 is 2.77 bits per heavy atom. The van der Waals surface area contributed by atoms with Crippen LogP contribution in [0.25, 0.3) is 11.3 Å². The highest BCUT2D eigenvalue weighted by atomic mass is 16.5. The fraction of sp³-hybridized carbons (Fsp3) is 0.556. The normalized spacial score (nSPS) is 15.8. The molecule has 0 amide bonds. The van der Waals surface area contributed by atoms with Crippen molar-refractivity contribution in [2.45, 2.75) is 46.3 Å². The van der Waals surface area contributed by atoms with Gasteiger partial charge in [-0.05, 0) is 46.7 Å². The number of hydrogen-bond donors (Lipinski definition) is 2. The van der Waals surface area contributed by atoms with Gasteiger partial charge in [0, 0.05) is 11.8 Å². The van der Waals surface area contributed by atoms with E-state index in [-0.39, 0.29) is 18.4 Å². The highest BCUT2D eigenvalue weighted by molar-refractivity contribution is 5.75. The Bertz CT molecular complexity index is 774. The molecule has 2 aromatic heterocycles. The van der Waals surface area contributed by atoms with Crippen molar-refractivity contribution in [1.29, 1.82) is 0 Å². The zero-order valence-electron chi connectivity index (χ0n) is 15.5. The largest absolute Gasteiger partial charge is 0.459 e. The van der Waals surface area contributed by atoms with Gasteiger partial charge in [0.2, 0.25) is 0 Å². The molecule has 0 saturated carbocycles. The molecule has 2 aromatic rings. The van der Waals surface area contributed by atoms with E-state index in [1.807, 2.05) is 10.9 Å². The summed E-state index contributed by atoms with van der Waals surface area (Å²) in [4.78, 5) is 20.7. The van der Waals surface area contributed by atoms with Crippen LogP contribution in [0.2, 0.25) is 0 Å². The van der Waals surface area contributed by atoms with Crippen molar-refractivity contribution in [3.63, 3.8) is 0 Å². The second-order valence-corrected chi connectivity index (χ2v) is 7.60. The Morgan fingerprint density at radius 2 is 2.08 bits per heavy atom. The fourth-order valence-corrected chi connectivity index (χ4v) is 2.77. The van der Waals surface area contributed by atoms with Crippen LogP contribution in [0.3, 0.4) is 0 Å². The number of nitrogens with two attached hydrogens (primary N) is 1. The molecule has 0 radical (unpaired) electrons. The molecule has 3 rings (SSSR count). The van der Waals surface area contributed by atoms with E-state index in [4.69, 9.17) is 10.5 Å². The lowest BCUT2D eigenvalue weighted by atomic mass is 9.97. The third-order valence-corrected chi connectivity index (χ3v) is 4.41. The molecule has 1 saturated heterocycles. The Kier molecular flexibility index (Phi) is 5.22. The smallest absolute Gasteiger partial charge is 0.311 e. The SMILES string of the molecule is CC(C)(C)C(=O)OCc1nc(-c2cnn(C3CCNCC3)c2)cnc1N. The van der Waals surface area contributed by atoms with Crippen LogP contribution in [0.1, 0.15) is 45.3 Å². The van der Waals surface area contributed by atoms with Gasteiger partial charge in [0.25, 0.3) is 0 Å². The lowest BCUT2D eigenvalue weighted by Crippen LogP contribution is -2.29. The monoisotopic (exact) mass is 358 g/mol. The first kappa shape index (κ1) is 18.3. The number of carbonyl (C=O) groups excluding carboxylic acids is 1. The number of nitrogens with zero attached hydrogens (tertiary/aromatic N) is 4. The molecule has 26 heavy (non-hydrogen) atoms. The van der Waals surface area contributed by atoms with Crippen LogP contribution in [-0.4, -0.2) is 38.8 Å². The maximum absolute atomic E-state index is 12.0. The van der Waals surface area contributed by atoms with Crippen molar-refractivity contribution in [3.05, 3.63) is 24.3 Å². The predicted octanol–water partition coefficient (Wildman–Crippen LogP) is 1.94. The molecule has 0 aliphatic carbocycles. The van der Waals surface area contributed by atoms with Gasteiger partial charge in [-0.2, -0.15) is 5.10 Å². The van der Waals surface area contributed by atoms with Gasteiger partial charge in [0.05, 0.1) is 29.5 Å². The number of esters is 1. The molecular formula is C18H26N6O2. The van der Waals surface area contributed by atoms with Gasteiger partial charge < -0.3 is 15.8 Å². The first-order valence-corrected chi connectivity index (χ1v) is 8.88. The van der Waals surface area contributed by atoms with Gasteiger partial charge in [-0.15, -0.1) is 0 Å². The molecule has 0 aromatic carbocycles. The lowest BCUT2D eigenvalue weighted by Gasteiger charge is -2.22. The summed E-state index contributed by atoms with van der Waals surface area (Å²) in [6.07, 6.45) is 7.51. The van der Waals surface area contributed by atoms with Crippen molar-refractivity contribution in [1.82, 2.24) is 25.1 Å². The highest BCUT2D eigenvalue weighted by Crippen LogP contribution is 2.23. The topological polar surface area (TPSA) is 108 Å². The summed E-state index contributed by atoms with van der Waals surface area (Å²) in [6, 6.07) is 0.402. The Morgan fingerprint density at radius 1 is 1.35 bits per heavy atom. The standard InChI is InChI=1S/C18H26N6O2/c1-18(2,3)17(25)26-11-15-16(19)21-9-14(23-15)12-8-22-24(10-12)13-4-6-20-7-5-13/h8-10,13,20H,4-7,11H2,1-3H3,(H2,19,21). The van der Waals surface area contributed by atoms with Crippen molar-refractivity contribution >= 4 is 11.8 Å². The molecule has 1 aliphatic heterocycles. The molecule has 0 bridgehead atoms. The van der Waals surface area contributed by atoms with Crippen molar-refractivity contribution < 1.29 is 9.53 Å². The molecule has 1 fully saturated rings. The molecule has 8 nitrogen and oxygen atoms in total. The number of ether oxygens (including phenoxy) is 1. The molecule has 0 atom stereocenters. The van der Waals surface area contributed by atoms with E-state index in [1.165, 1.54) is 0 Å². The van der Waals surface area contributed by atoms with Gasteiger partial charge in [0.15, 0.2) is 0 Å². The maximum atomic E-state index is 12.0. The predicted molar refractivity (Wildman–Crippen MR) is 98.1 cm³/mol. The third-order valence-electron chi connectivity index (χ3n) is 4.41. The molecule has 3 N–H and O–H groups in total. The Balaban J connectivity index is 1.75. The highest BCUT2D eigenvalue weighted by Gasteiger charge is 2.24. The summed E-state index contributed by atoms with van der Waals surface area (Å²) >= 11 is 0. The number of aromatic nitrogens is 4. The van der Waals surface area contributed by atoms with Gasteiger partial charge >= 0.3 is 5.97 Å². The molecule has 3 heterocycles. The third kappa shape index (κ3) is 4.19. The number of piperidine rings is 1. The van der Waals surface area contributed by atoms with E-state index in [0.29, 0.717) is 17.4 Å². The van der Waals surface area contributed by atoms with Crippen molar-refractivity contribution in [3.8, 4) is 11.3 Å². The summed E-state index contributed by atoms with van der Waals surface area (Å²) < 4.78 is 7.31. The number of carbonyl (C=O) groups is 1. The molecule has 1 aliphatic rings. The summed E-state index contributed by atoms with van der Waals surface area (Å²) in [7, 11) is 0. The molecule has 140 valence electrons. The molecular weight excluding hydrogens is 332 g/mol. The summed E-state index contributed by atoms with van der Waals surface area (Å²) in [5, 5.41) is 7.83. The average molecular weight is 358 g/mol. The minimum Gasteiger partial charge on any atom is -0.459 e. The van der Waals surface area contributed by atoms with E-state index in [1.54, 1.807) is 33.2 Å². The van der Waals surface area contributed by atoms with E-state index in [9.17, 15) is 4.79 Å². The number of rotatable bonds is 4. The van der Waals surface area contributed by atoms with Gasteiger partial charge in [0.1, 0.15) is 18.1 Å². The first-order valence-electron chi connectivity index (χ1n) is 8.88. The van der Waals surface area contributed by atoms with Crippen molar-refractivity contribution in [2.75, 3.05) is 18.8 Å². The van der Waals surface area contributed by atoms with E-state index in [2.05, 4.69) is 20.4 Å².